The molecule has 8 nitrogen and oxygen atoms in total. The largest absolute Gasteiger partial charge is 1.00 e. The molecule has 0 aliphatic heterocycles. The minimum absolute atomic E-state index is 0. The Morgan fingerprint density at radius 1 is 0.472 bits per heavy atom. The first-order valence-corrected chi connectivity index (χ1v) is 10.6. The van der Waals surface area contributed by atoms with Crippen molar-refractivity contribution in [2.45, 2.75) is 0 Å². The number of aromatic nitrogens is 4. The Labute approximate surface area is 236 Å². The third-order valence-corrected chi connectivity index (χ3v) is 6.33. The number of rotatable bonds is 0. The molecule has 6 rings (SSSR count). The van der Waals surface area contributed by atoms with E-state index in [2.05, 4.69) is 0 Å². The fourth-order valence-corrected chi connectivity index (χ4v) is 4.63. The van der Waals surface area contributed by atoms with Gasteiger partial charge in [-0.2, -0.15) is 0 Å². The van der Waals surface area contributed by atoms with E-state index in [0.29, 0.717) is 21.5 Å². The zero-order chi connectivity index (χ0) is 23.7. The van der Waals surface area contributed by atoms with Crippen molar-refractivity contribution >= 4 is 32.3 Å². The maximum atomic E-state index is 13.4. The first-order chi connectivity index (χ1) is 16.4. The topological polar surface area (TPSA) is 89.9 Å². The van der Waals surface area contributed by atoms with Crippen LogP contribution in [0.2, 0.25) is 0 Å². The second-order valence-electron chi connectivity index (χ2n) is 8.41. The molecular weight excluding hydrogens is 686 g/mol. The van der Waals surface area contributed by atoms with Gasteiger partial charge in [-0.3, -0.25) is 0 Å². The molecule has 0 unspecified atom stereocenters. The fraction of sp³-hybridized carbons (Fsp3) is 0.0769. The van der Waals surface area contributed by atoms with Gasteiger partial charge < -0.3 is 57.1 Å². The smallest absolute Gasteiger partial charge is 0.429 e. The Bertz CT molecular complexity index is 1950. The van der Waals surface area contributed by atoms with Crippen molar-refractivity contribution in [1.29, 1.82) is 0 Å². The lowest BCUT2D eigenvalue weighted by Crippen LogP contribution is -3.00. The van der Waals surface area contributed by atoms with Crippen LogP contribution in [0.15, 0.2) is 92.5 Å². The van der Waals surface area contributed by atoms with Crippen LogP contribution in [-0.2, 0) is 14.1 Å². The van der Waals surface area contributed by atoms with Gasteiger partial charge in [0.1, 0.15) is 21.5 Å². The number of aryl methyl sites for hydroxylation is 2. The molecule has 10 heteroatoms. The van der Waals surface area contributed by atoms with Crippen LogP contribution < -0.4 is 78.7 Å². The van der Waals surface area contributed by atoms with Crippen LogP contribution in [0, 0.1) is 10.7 Å². The highest BCUT2D eigenvalue weighted by atomic mass is 127. The van der Waals surface area contributed by atoms with Crippen LogP contribution in [0.25, 0.3) is 32.3 Å². The van der Waals surface area contributed by atoms with E-state index in [9.17, 15) is 19.2 Å². The Hall–Kier alpha value is -3.26. The molecule has 6 aromatic rings. The Morgan fingerprint density at radius 3 is 0.972 bits per heavy atom. The van der Waals surface area contributed by atoms with Gasteiger partial charge in [-0.25, -0.2) is 19.2 Å². The summed E-state index contributed by atoms with van der Waals surface area (Å²) < 4.78 is 5.86. The Kier molecular flexibility index (Phi) is 6.68. The lowest BCUT2D eigenvalue weighted by Gasteiger charge is -2.04. The second-order valence-corrected chi connectivity index (χ2v) is 8.41. The van der Waals surface area contributed by atoms with Crippen LogP contribution >= 0.6 is 0 Å². The molecule has 0 spiro atoms. The van der Waals surface area contributed by atoms with E-state index < -0.39 is 22.2 Å². The minimum Gasteiger partial charge on any atom is -1.00 e. The second kappa shape index (κ2) is 9.32. The summed E-state index contributed by atoms with van der Waals surface area (Å²) in [5.74, 6) is 0. The van der Waals surface area contributed by atoms with Crippen molar-refractivity contribution in [3.05, 3.63) is 125 Å². The van der Waals surface area contributed by atoms with Gasteiger partial charge in [0.15, 0.2) is 0 Å². The summed E-state index contributed by atoms with van der Waals surface area (Å²) in [6, 6.07) is 13.0. The lowest BCUT2D eigenvalue weighted by atomic mass is 9.97. The molecule has 0 radical (unpaired) electrons. The molecule has 0 aliphatic rings. The zero-order valence-electron chi connectivity index (χ0n) is 19.1. The third-order valence-electron chi connectivity index (χ3n) is 6.33. The quantitative estimate of drug-likeness (QED) is 0.0898. The maximum absolute atomic E-state index is 13.4. The molecule has 2 aromatic carbocycles. The maximum Gasteiger partial charge on any atom is 0.429 e. The molecule has 0 fully saturated rings. The fourth-order valence-electron chi connectivity index (χ4n) is 4.63. The molecule has 0 bridgehead atoms. The summed E-state index contributed by atoms with van der Waals surface area (Å²) in [6.45, 7) is 0. The van der Waals surface area contributed by atoms with E-state index in [1.807, 2.05) is 14.1 Å². The molecule has 0 N–H and O–H groups in total. The summed E-state index contributed by atoms with van der Waals surface area (Å²) in [6.07, 6.45) is 7.00. The standard InChI is InChI=1S/C26H18N4O4.2HI/c1-27-11-7-15(8-12-27)29-23(31)17-3-5-19-22-20(6-4-18(21(17)22)24(29)32)26(34)30(25(19)33)16-9-13-28(2)14-10-16;;/h3-14H,1-2H3;2*1H/q+2;;/p-2. The van der Waals surface area contributed by atoms with Gasteiger partial charge >= 0.3 is 22.2 Å². The summed E-state index contributed by atoms with van der Waals surface area (Å²) >= 11 is 0. The molecule has 0 saturated carbocycles. The number of hydrogen-bond acceptors (Lipinski definition) is 4. The van der Waals surface area contributed by atoms with Gasteiger partial charge in [0.25, 0.3) is 0 Å². The van der Waals surface area contributed by atoms with Crippen LogP contribution in [0.4, 0.5) is 0 Å². The van der Waals surface area contributed by atoms with E-state index in [1.165, 1.54) is 0 Å². The zero-order valence-corrected chi connectivity index (χ0v) is 23.4. The van der Waals surface area contributed by atoms with Crippen molar-refractivity contribution in [1.82, 2.24) is 9.13 Å². The van der Waals surface area contributed by atoms with Crippen molar-refractivity contribution in [2.75, 3.05) is 0 Å². The molecule has 180 valence electrons. The SMILES string of the molecule is Cn1ccc(=[n+]2c(=O)c3ccc4c(=O)[n+](=c5ccn(C)cc5)c(=O)c5ccc(c2=O)c3c45)cc1.[I-].[I-]. The van der Waals surface area contributed by atoms with Gasteiger partial charge in [-0.1, -0.05) is 8.49 Å². The Balaban J connectivity index is 0.00000152. The highest BCUT2D eigenvalue weighted by molar-refractivity contribution is 6.21. The number of halogens is 2. The predicted molar refractivity (Wildman–Crippen MR) is 126 cm³/mol. The molecule has 4 aromatic heterocycles. The predicted octanol–water partition coefficient (Wildman–Crippen LogP) is -5.68. The van der Waals surface area contributed by atoms with E-state index in [1.54, 1.807) is 82.5 Å². The normalized spacial score (nSPS) is 11.1. The monoisotopic (exact) mass is 704 g/mol. The number of hydrogen-bond donors (Lipinski definition) is 0. The third kappa shape index (κ3) is 3.61. The van der Waals surface area contributed by atoms with Gasteiger partial charge in [0.2, 0.25) is 10.7 Å². The van der Waals surface area contributed by atoms with Crippen LogP contribution in [0.5, 0.6) is 0 Å². The number of pyridine rings is 4. The molecule has 36 heavy (non-hydrogen) atoms. The van der Waals surface area contributed by atoms with E-state index in [4.69, 9.17) is 0 Å². The molecule has 0 amide bonds. The summed E-state index contributed by atoms with van der Waals surface area (Å²) in [4.78, 5) is 53.7. The molecule has 0 aliphatic carbocycles. The van der Waals surface area contributed by atoms with Crippen molar-refractivity contribution in [2.24, 2.45) is 14.1 Å². The number of benzene rings is 2. The average molecular weight is 704 g/mol. The van der Waals surface area contributed by atoms with E-state index in [-0.39, 0.29) is 69.5 Å². The number of nitrogens with zero attached hydrogens (tertiary/aromatic N) is 4. The van der Waals surface area contributed by atoms with E-state index >= 15 is 0 Å². The summed E-state index contributed by atoms with van der Waals surface area (Å²) in [5.41, 5.74) is -1.97. The highest BCUT2D eigenvalue weighted by Crippen LogP contribution is 2.27. The first-order valence-electron chi connectivity index (χ1n) is 10.6. The summed E-state index contributed by atoms with van der Waals surface area (Å²) in [7, 11) is 3.68. The van der Waals surface area contributed by atoms with Crippen molar-refractivity contribution in [3.63, 3.8) is 0 Å². The average Bonchev–Trinajstić information content (AvgIpc) is 2.83. The van der Waals surface area contributed by atoms with Crippen molar-refractivity contribution < 1.29 is 56.4 Å². The lowest BCUT2D eigenvalue weighted by molar-refractivity contribution is -0.540. The van der Waals surface area contributed by atoms with Crippen LogP contribution in [0.3, 0.4) is 0 Å². The van der Waals surface area contributed by atoms with Gasteiger partial charge in [0.05, 0.1) is 0 Å². The summed E-state index contributed by atoms with van der Waals surface area (Å²) in [5, 5.41) is 2.72. The van der Waals surface area contributed by atoms with E-state index in [0.717, 1.165) is 8.49 Å². The first kappa shape index (κ1) is 25.8. The molecular formula is C26H18I2N4O4. The van der Waals surface area contributed by atoms with Gasteiger partial charge in [-0.15, -0.1) is 0 Å². The van der Waals surface area contributed by atoms with Crippen molar-refractivity contribution in [3.8, 4) is 0 Å². The minimum atomic E-state index is -0.493. The van der Waals surface area contributed by atoms with Gasteiger partial charge in [-0.05, 0) is 24.3 Å². The molecule has 0 saturated heterocycles. The Morgan fingerprint density at radius 2 is 0.722 bits per heavy atom. The van der Waals surface area contributed by atoms with Crippen LogP contribution in [-0.4, -0.2) is 9.13 Å². The van der Waals surface area contributed by atoms with Gasteiger partial charge in [0, 0.05) is 73.9 Å². The molecule has 4 heterocycles. The highest BCUT2D eigenvalue weighted by Gasteiger charge is 2.26. The van der Waals surface area contributed by atoms with Crippen LogP contribution in [0.1, 0.15) is 0 Å². The molecule has 0 atom stereocenters.